The van der Waals surface area contributed by atoms with Crippen LogP contribution in [0.25, 0.3) is 22.3 Å². The predicted molar refractivity (Wildman–Crippen MR) is 88.0 cm³/mol. The molecular formula is C16H15N5O2. The molecule has 3 aromatic rings. The van der Waals surface area contributed by atoms with Gasteiger partial charge in [-0.05, 0) is 30.7 Å². The van der Waals surface area contributed by atoms with Crippen molar-refractivity contribution in [2.24, 2.45) is 5.84 Å². The molecule has 1 amide bonds. The maximum atomic E-state index is 12.5. The lowest BCUT2D eigenvalue weighted by Crippen LogP contribution is -2.31. The minimum atomic E-state index is -0.455. The third-order valence-electron chi connectivity index (χ3n) is 3.68. The fourth-order valence-electron chi connectivity index (χ4n) is 2.44. The number of rotatable bonds is 2. The third-order valence-corrected chi connectivity index (χ3v) is 3.68. The Bertz CT molecular complexity index is 978. The molecule has 1 aromatic heterocycles. The molecule has 0 bridgehead atoms. The van der Waals surface area contributed by atoms with Gasteiger partial charge in [0, 0.05) is 11.1 Å². The number of aromatic nitrogens is 2. The Balaban J connectivity index is 2.32. The van der Waals surface area contributed by atoms with Crippen LogP contribution in [-0.4, -0.2) is 15.6 Å². The van der Waals surface area contributed by atoms with E-state index in [1.165, 1.54) is 18.2 Å². The minimum absolute atomic E-state index is 0.317. The second kappa shape index (κ2) is 5.54. The average molecular weight is 309 g/mol. The first kappa shape index (κ1) is 14.7. The number of aryl methyl sites for hydroxylation is 1. The van der Waals surface area contributed by atoms with Crippen molar-refractivity contribution in [1.82, 2.24) is 15.1 Å². The quantitative estimate of drug-likeness (QED) is 0.366. The van der Waals surface area contributed by atoms with E-state index < -0.39 is 5.91 Å². The van der Waals surface area contributed by atoms with Gasteiger partial charge in [0.05, 0.1) is 10.9 Å². The van der Waals surface area contributed by atoms with Crippen LogP contribution in [0.1, 0.15) is 15.9 Å². The molecule has 0 unspecified atom stereocenters. The SMILES string of the molecule is Cc1ccccc1-c1nc2cc(C(=O)NN)ccc2c(=O)n1N. The maximum absolute atomic E-state index is 12.5. The predicted octanol–water partition coefficient (Wildman–Crippen LogP) is 0.689. The molecule has 0 aliphatic rings. The number of carbonyl (C=O) groups is 1. The van der Waals surface area contributed by atoms with Gasteiger partial charge >= 0.3 is 0 Å². The lowest BCUT2D eigenvalue weighted by Gasteiger charge is -2.11. The number of nitrogens with one attached hydrogen (secondary N) is 1. The topological polar surface area (TPSA) is 116 Å². The van der Waals surface area contributed by atoms with Crippen LogP contribution in [0.5, 0.6) is 0 Å². The first-order chi connectivity index (χ1) is 11.0. The average Bonchev–Trinajstić information content (AvgIpc) is 2.57. The highest BCUT2D eigenvalue weighted by Crippen LogP contribution is 2.21. The maximum Gasteiger partial charge on any atom is 0.280 e. The van der Waals surface area contributed by atoms with Crippen molar-refractivity contribution >= 4 is 16.8 Å². The number of hydrazine groups is 1. The van der Waals surface area contributed by atoms with Crippen molar-refractivity contribution in [2.45, 2.75) is 6.92 Å². The molecule has 116 valence electrons. The van der Waals surface area contributed by atoms with Crippen LogP contribution in [0.4, 0.5) is 0 Å². The molecule has 0 aliphatic heterocycles. The molecule has 0 saturated carbocycles. The molecule has 2 aromatic carbocycles. The summed E-state index contributed by atoms with van der Waals surface area (Å²) in [5.74, 6) is 10.9. The van der Waals surface area contributed by atoms with E-state index in [4.69, 9.17) is 11.7 Å². The summed E-state index contributed by atoms with van der Waals surface area (Å²) in [6.07, 6.45) is 0. The largest absolute Gasteiger partial charge is 0.334 e. The summed E-state index contributed by atoms with van der Waals surface area (Å²) < 4.78 is 1.02. The van der Waals surface area contributed by atoms with Gasteiger partial charge in [0.1, 0.15) is 0 Å². The van der Waals surface area contributed by atoms with Crippen LogP contribution in [-0.2, 0) is 0 Å². The molecule has 0 fully saturated rings. The van der Waals surface area contributed by atoms with Gasteiger partial charge in [-0.1, -0.05) is 24.3 Å². The van der Waals surface area contributed by atoms with E-state index in [0.717, 1.165) is 15.8 Å². The van der Waals surface area contributed by atoms with Crippen LogP contribution in [0.3, 0.4) is 0 Å². The normalized spacial score (nSPS) is 10.7. The van der Waals surface area contributed by atoms with Crippen molar-refractivity contribution in [3.8, 4) is 11.4 Å². The Hall–Kier alpha value is -3.19. The van der Waals surface area contributed by atoms with Gasteiger partial charge in [0.2, 0.25) is 0 Å². The van der Waals surface area contributed by atoms with Crippen molar-refractivity contribution in [2.75, 3.05) is 5.84 Å². The molecule has 0 radical (unpaired) electrons. The fourth-order valence-corrected chi connectivity index (χ4v) is 2.44. The van der Waals surface area contributed by atoms with Gasteiger partial charge in [-0.3, -0.25) is 15.0 Å². The standard InChI is InChI=1S/C16H15N5O2/c1-9-4-2-3-5-11(9)14-19-13-8-10(15(22)20-17)6-7-12(13)16(23)21(14)18/h2-8H,17-18H2,1H3,(H,20,22). The third kappa shape index (κ3) is 2.43. The summed E-state index contributed by atoms with van der Waals surface area (Å²) in [6, 6.07) is 12.0. The van der Waals surface area contributed by atoms with Gasteiger partial charge in [-0.15, -0.1) is 0 Å². The Morgan fingerprint density at radius 1 is 1.22 bits per heavy atom. The van der Waals surface area contributed by atoms with Crippen LogP contribution < -0.4 is 22.7 Å². The Morgan fingerprint density at radius 3 is 2.65 bits per heavy atom. The van der Waals surface area contributed by atoms with Crippen molar-refractivity contribution in [3.05, 3.63) is 63.9 Å². The number of hydrogen-bond donors (Lipinski definition) is 3. The molecule has 0 atom stereocenters. The van der Waals surface area contributed by atoms with Crippen LogP contribution in [0.2, 0.25) is 0 Å². The summed E-state index contributed by atoms with van der Waals surface area (Å²) in [7, 11) is 0. The molecule has 5 N–H and O–H groups in total. The zero-order chi connectivity index (χ0) is 16.6. The molecule has 0 spiro atoms. The molecule has 3 rings (SSSR count). The molecular weight excluding hydrogens is 294 g/mol. The zero-order valence-electron chi connectivity index (χ0n) is 12.4. The molecule has 1 heterocycles. The summed E-state index contributed by atoms with van der Waals surface area (Å²) in [5.41, 5.74) is 4.06. The van der Waals surface area contributed by atoms with Crippen LogP contribution in [0, 0.1) is 6.92 Å². The van der Waals surface area contributed by atoms with Gasteiger partial charge in [0.25, 0.3) is 11.5 Å². The van der Waals surface area contributed by atoms with Gasteiger partial charge < -0.3 is 5.84 Å². The number of amides is 1. The fraction of sp³-hybridized carbons (Fsp3) is 0.0625. The summed E-state index contributed by atoms with van der Waals surface area (Å²) in [6.45, 7) is 1.91. The van der Waals surface area contributed by atoms with Crippen molar-refractivity contribution < 1.29 is 4.79 Å². The highest BCUT2D eigenvalue weighted by atomic mass is 16.2. The van der Waals surface area contributed by atoms with E-state index >= 15 is 0 Å². The Kier molecular flexibility index (Phi) is 3.55. The van der Waals surface area contributed by atoms with E-state index in [-0.39, 0.29) is 5.56 Å². The molecule has 0 aliphatic carbocycles. The second-order valence-electron chi connectivity index (χ2n) is 5.13. The first-order valence-corrected chi connectivity index (χ1v) is 6.91. The van der Waals surface area contributed by atoms with E-state index in [1.54, 1.807) is 0 Å². The number of benzene rings is 2. The van der Waals surface area contributed by atoms with Crippen molar-refractivity contribution in [1.29, 1.82) is 0 Å². The highest BCUT2D eigenvalue weighted by molar-refractivity contribution is 5.97. The number of fused-ring (bicyclic) bond motifs is 1. The zero-order valence-corrected chi connectivity index (χ0v) is 12.4. The molecule has 0 saturated heterocycles. The lowest BCUT2D eigenvalue weighted by molar-refractivity contribution is 0.0954. The number of nitrogen functional groups attached to an aromatic ring is 2. The number of hydrogen-bond acceptors (Lipinski definition) is 5. The van der Waals surface area contributed by atoms with Crippen LogP contribution >= 0.6 is 0 Å². The monoisotopic (exact) mass is 309 g/mol. The second-order valence-corrected chi connectivity index (χ2v) is 5.13. The van der Waals surface area contributed by atoms with Gasteiger partial charge in [-0.25, -0.2) is 15.5 Å². The van der Waals surface area contributed by atoms with Crippen LogP contribution in [0.15, 0.2) is 47.3 Å². The van der Waals surface area contributed by atoms with Crippen molar-refractivity contribution in [3.63, 3.8) is 0 Å². The summed E-state index contributed by atoms with van der Waals surface area (Å²) in [5, 5.41) is 0.332. The van der Waals surface area contributed by atoms with E-state index in [9.17, 15) is 9.59 Å². The molecule has 7 heteroatoms. The minimum Gasteiger partial charge on any atom is -0.334 e. The van der Waals surface area contributed by atoms with Gasteiger partial charge in [-0.2, -0.15) is 0 Å². The number of nitrogens with zero attached hydrogens (tertiary/aromatic N) is 2. The number of carbonyl (C=O) groups excluding carboxylic acids is 1. The molecule has 7 nitrogen and oxygen atoms in total. The highest BCUT2D eigenvalue weighted by Gasteiger charge is 2.14. The van der Waals surface area contributed by atoms with E-state index in [1.807, 2.05) is 31.2 Å². The summed E-state index contributed by atoms with van der Waals surface area (Å²) in [4.78, 5) is 28.6. The first-order valence-electron chi connectivity index (χ1n) is 6.91. The lowest BCUT2D eigenvalue weighted by atomic mass is 10.1. The van der Waals surface area contributed by atoms with Gasteiger partial charge in [0.15, 0.2) is 5.82 Å². The summed E-state index contributed by atoms with van der Waals surface area (Å²) >= 11 is 0. The smallest absolute Gasteiger partial charge is 0.280 e. The van der Waals surface area contributed by atoms with E-state index in [0.29, 0.717) is 22.3 Å². The Morgan fingerprint density at radius 2 is 1.96 bits per heavy atom. The number of nitrogens with two attached hydrogens (primary N) is 2. The Labute approximate surface area is 131 Å². The molecule has 23 heavy (non-hydrogen) atoms. The van der Waals surface area contributed by atoms with E-state index in [2.05, 4.69) is 10.4 Å².